The molecule has 56 valence electrons. The summed E-state index contributed by atoms with van der Waals surface area (Å²) in [7, 11) is 0. The molecule has 0 heterocycles. The number of rotatable bonds is 0. The Labute approximate surface area is 73.8 Å². The number of hydrogen-bond acceptors (Lipinski definition) is 2. The van der Waals surface area contributed by atoms with Gasteiger partial charge in [-0.15, -0.1) is 0 Å². The summed E-state index contributed by atoms with van der Waals surface area (Å²) < 4.78 is 0. The van der Waals surface area contributed by atoms with Gasteiger partial charge in [0.05, 0.1) is 0 Å². The van der Waals surface area contributed by atoms with Gasteiger partial charge in [0.2, 0.25) is 0 Å². The van der Waals surface area contributed by atoms with Crippen LogP contribution in [0.2, 0.25) is 0 Å². The molecule has 0 fully saturated rings. The summed E-state index contributed by atoms with van der Waals surface area (Å²) in [5, 5.41) is 0. The van der Waals surface area contributed by atoms with E-state index < -0.39 is 0 Å². The van der Waals surface area contributed by atoms with Gasteiger partial charge in [0, 0.05) is 0 Å². The zero-order chi connectivity index (χ0) is 0. The van der Waals surface area contributed by atoms with Crippen LogP contribution in [0.5, 0.6) is 0 Å². The molecule has 0 amide bonds. The van der Waals surface area contributed by atoms with E-state index in [4.69, 9.17) is 0 Å². The van der Waals surface area contributed by atoms with Crippen molar-refractivity contribution in [2.24, 2.45) is 0 Å². The molecule has 0 unspecified atom stereocenters. The molecule has 0 aromatic rings. The Hall–Kier alpha value is 1.32. The Bertz CT molecular complexity index is 9.65. The van der Waals surface area contributed by atoms with Crippen LogP contribution in [-0.2, 0) is 0 Å². The first-order chi connectivity index (χ1) is 0. The third kappa shape index (κ3) is 119. The van der Waals surface area contributed by atoms with Gasteiger partial charge >= 0.3 is 0 Å². The first-order valence-electron chi connectivity index (χ1n) is 0. The van der Waals surface area contributed by atoms with Crippen molar-refractivity contribution in [2.45, 2.75) is 7.43 Å². The van der Waals surface area contributed by atoms with Gasteiger partial charge in [-0.05, 0) is 0 Å². The van der Waals surface area contributed by atoms with Gasteiger partial charge in [-0.1, -0.05) is 7.43 Å². The standard InChI is InChI=1S/CH4.2H3N.4H2S/h1H4;2*1H3;4*1H2. The average Bonchev–Trinajstić information content (AvgIpc) is 0. The van der Waals surface area contributed by atoms with Gasteiger partial charge in [0.1, 0.15) is 0 Å². The molecule has 6 heteroatoms. The van der Waals surface area contributed by atoms with Crippen molar-refractivity contribution in [2.75, 3.05) is 0 Å². The fraction of sp³-hybridized carbons (Fsp3) is 1.00. The molecule has 7 heavy (non-hydrogen) atoms. The highest BCUT2D eigenvalue weighted by atomic mass is 32.1. The van der Waals surface area contributed by atoms with Crippen molar-refractivity contribution in [3.8, 4) is 0 Å². The van der Waals surface area contributed by atoms with Gasteiger partial charge in [0.15, 0.2) is 0 Å². The molecule has 0 aliphatic heterocycles. The van der Waals surface area contributed by atoms with Crippen LogP contribution < -0.4 is 12.3 Å². The molecular formula is CH18N2S4. The summed E-state index contributed by atoms with van der Waals surface area (Å²) >= 11 is 0. The Morgan fingerprint density at radius 3 is 0.429 bits per heavy atom. The van der Waals surface area contributed by atoms with E-state index in [9.17, 15) is 0 Å². The lowest BCUT2D eigenvalue weighted by Gasteiger charge is -0.345. The van der Waals surface area contributed by atoms with Crippen LogP contribution in [-0.4, -0.2) is 0 Å². The highest BCUT2D eigenvalue weighted by Gasteiger charge is -0.0775. The van der Waals surface area contributed by atoms with E-state index in [2.05, 4.69) is 0 Å². The molecule has 0 atom stereocenters. The lowest BCUT2D eigenvalue weighted by atomic mass is 12.0. The molecule has 0 aromatic heterocycles. The molecule has 0 saturated heterocycles. The van der Waals surface area contributed by atoms with Crippen molar-refractivity contribution >= 4 is 54.0 Å². The minimum Gasteiger partial charge on any atom is -0.344 e. The monoisotopic (exact) mass is 186 g/mol. The van der Waals surface area contributed by atoms with E-state index in [-0.39, 0.29) is 73.7 Å². The molecule has 0 bridgehead atoms. The van der Waals surface area contributed by atoms with E-state index in [1.54, 1.807) is 0 Å². The summed E-state index contributed by atoms with van der Waals surface area (Å²) in [6, 6.07) is 0. The first kappa shape index (κ1) is 256. The lowest BCUT2D eigenvalue weighted by molar-refractivity contribution is 2.13. The third-order valence-electron chi connectivity index (χ3n) is 0. The first-order valence-corrected chi connectivity index (χ1v) is 0. The Morgan fingerprint density at radius 1 is 0.429 bits per heavy atom. The quantitative estimate of drug-likeness (QED) is 0.600. The van der Waals surface area contributed by atoms with Crippen LogP contribution in [0.3, 0.4) is 0 Å². The van der Waals surface area contributed by atoms with Crippen LogP contribution >= 0.6 is 54.0 Å². The molecular weight excluding hydrogens is 168 g/mol. The number of hydrogen-bond donors (Lipinski definition) is 2. The van der Waals surface area contributed by atoms with Crippen molar-refractivity contribution in [3.05, 3.63) is 0 Å². The van der Waals surface area contributed by atoms with Crippen molar-refractivity contribution in [1.82, 2.24) is 12.3 Å². The maximum Gasteiger partial charge on any atom is -0.0776 e. The van der Waals surface area contributed by atoms with Crippen LogP contribution in [0.15, 0.2) is 0 Å². The third-order valence-corrected chi connectivity index (χ3v) is 0. The Morgan fingerprint density at radius 2 is 0.429 bits per heavy atom. The van der Waals surface area contributed by atoms with Gasteiger partial charge in [0.25, 0.3) is 0 Å². The highest BCUT2D eigenvalue weighted by Crippen LogP contribution is 0.651. The van der Waals surface area contributed by atoms with Crippen molar-refractivity contribution < 1.29 is 0 Å². The van der Waals surface area contributed by atoms with E-state index in [1.165, 1.54) is 0 Å². The normalized spacial score (nSPS) is 0. The van der Waals surface area contributed by atoms with Crippen LogP contribution in [0.4, 0.5) is 0 Å². The van der Waals surface area contributed by atoms with Gasteiger partial charge in [-0.2, -0.15) is 54.0 Å². The second kappa shape index (κ2) is 168. The molecule has 0 saturated carbocycles. The molecule has 2 nitrogen and oxygen atoms in total. The largest absolute Gasteiger partial charge is 0.344 e. The second-order valence-electron chi connectivity index (χ2n) is 0. The van der Waals surface area contributed by atoms with E-state index in [0.717, 1.165) is 0 Å². The molecule has 0 radical (unpaired) electrons. The topological polar surface area (TPSA) is 70.0 Å². The SMILES string of the molecule is C.N.N.S.S.S.S. The van der Waals surface area contributed by atoms with E-state index >= 15 is 0 Å². The minimum absolute atomic E-state index is 0. The summed E-state index contributed by atoms with van der Waals surface area (Å²) in [4.78, 5) is 0. The van der Waals surface area contributed by atoms with Crippen LogP contribution in [0, 0.1) is 0 Å². The van der Waals surface area contributed by atoms with Gasteiger partial charge in [-0.25, -0.2) is 0 Å². The van der Waals surface area contributed by atoms with Crippen LogP contribution in [0.25, 0.3) is 0 Å². The molecule has 0 rings (SSSR count). The summed E-state index contributed by atoms with van der Waals surface area (Å²) in [6.45, 7) is 0. The fourth-order valence-electron chi connectivity index (χ4n) is 0. The zero-order valence-corrected chi connectivity index (χ0v) is 7.41. The van der Waals surface area contributed by atoms with E-state index in [0.29, 0.717) is 0 Å². The lowest BCUT2D eigenvalue weighted by Crippen LogP contribution is -0.482. The molecule has 6 N–H and O–H groups in total. The molecule has 0 aromatic carbocycles. The minimum atomic E-state index is 0. The molecule has 0 aliphatic carbocycles. The van der Waals surface area contributed by atoms with Gasteiger partial charge in [-0.3, -0.25) is 0 Å². The highest BCUT2D eigenvalue weighted by molar-refractivity contribution is 7.59. The van der Waals surface area contributed by atoms with Crippen molar-refractivity contribution in [3.63, 3.8) is 0 Å². The van der Waals surface area contributed by atoms with E-state index in [1.807, 2.05) is 0 Å². The summed E-state index contributed by atoms with van der Waals surface area (Å²) in [5.41, 5.74) is 0. The van der Waals surface area contributed by atoms with Gasteiger partial charge < -0.3 is 12.3 Å². The Balaban J connectivity index is 0. The predicted molar refractivity (Wildman–Crippen MR) is 58.3 cm³/mol. The molecule has 0 spiro atoms. The second-order valence-corrected chi connectivity index (χ2v) is 0. The summed E-state index contributed by atoms with van der Waals surface area (Å²) in [6.07, 6.45) is 0. The average molecular weight is 186 g/mol. The fourth-order valence-corrected chi connectivity index (χ4v) is 0. The maximum absolute atomic E-state index is 0. The maximum atomic E-state index is 0. The molecule has 0 aliphatic rings. The predicted octanol–water partition coefficient (Wildman–Crippen LogP) is 1.41. The van der Waals surface area contributed by atoms with Crippen molar-refractivity contribution in [1.29, 1.82) is 0 Å². The van der Waals surface area contributed by atoms with Crippen LogP contribution in [0.1, 0.15) is 7.43 Å². The zero-order valence-electron chi connectivity index (χ0n) is 3.41. The Kier molecular flexibility index (Phi) is 6130. The summed E-state index contributed by atoms with van der Waals surface area (Å²) in [5.74, 6) is 0. The smallest absolute Gasteiger partial charge is 0.0776 e.